The maximum Gasteiger partial charge on any atom is 0.332 e. The van der Waals surface area contributed by atoms with Gasteiger partial charge in [-0.1, -0.05) is 30.3 Å². The molecule has 0 bridgehead atoms. The predicted molar refractivity (Wildman–Crippen MR) is 73.5 cm³/mol. The summed E-state index contributed by atoms with van der Waals surface area (Å²) in [7, 11) is 2.64. The van der Waals surface area contributed by atoms with E-state index in [4.69, 9.17) is 9.47 Å². The van der Waals surface area contributed by atoms with Crippen molar-refractivity contribution in [3.8, 4) is 0 Å². The van der Waals surface area contributed by atoms with Crippen molar-refractivity contribution in [2.45, 2.75) is 6.61 Å². The predicted octanol–water partition coefficient (Wildman–Crippen LogP) is 1.25. The molecule has 21 heavy (non-hydrogen) atoms. The van der Waals surface area contributed by atoms with E-state index >= 15 is 0 Å². The average Bonchev–Trinajstić information content (AvgIpc) is 2.80. The Balaban J connectivity index is 2.18. The quantitative estimate of drug-likeness (QED) is 0.652. The third-order valence-corrected chi connectivity index (χ3v) is 2.80. The van der Waals surface area contributed by atoms with E-state index in [0.29, 0.717) is 0 Å². The van der Waals surface area contributed by atoms with E-state index in [9.17, 15) is 9.59 Å². The molecule has 0 saturated carbocycles. The van der Waals surface area contributed by atoms with Crippen LogP contribution < -0.4 is 5.32 Å². The molecule has 2 rings (SSSR count). The van der Waals surface area contributed by atoms with Crippen LogP contribution in [-0.2, 0) is 30.4 Å². The first-order chi connectivity index (χ1) is 10.2. The first kappa shape index (κ1) is 14.6. The van der Waals surface area contributed by atoms with Gasteiger partial charge in [-0.15, -0.1) is 0 Å². The van der Waals surface area contributed by atoms with Crippen LogP contribution in [0, 0.1) is 0 Å². The molecule has 6 nitrogen and oxygen atoms in total. The molecule has 1 heterocycles. The van der Waals surface area contributed by atoms with Gasteiger partial charge < -0.3 is 19.5 Å². The number of esters is 1. The molecule has 110 valence electrons. The van der Waals surface area contributed by atoms with Gasteiger partial charge in [0, 0.05) is 0 Å². The Morgan fingerprint density at radius 2 is 1.90 bits per heavy atom. The Labute approximate surface area is 122 Å². The van der Waals surface area contributed by atoms with E-state index in [1.807, 2.05) is 30.3 Å². The van der Waals surface area contributed by atoms with Crippen molar-refractivity contribution in [2.24, 2.45) is 0 Å². The van der Waals surface area contributed by atoms with Crippen molar-refractivity contribution in [1.82, 2.24) is 5.32 Å². The molecule has 0 aliphatic carbocycles. The van der Waals surface area contributed by atoms with Gasteiger partial charge in [-0.05, 0) is 5.56 Å². The molecule has 0 unspecified atom stereocenters. The summed E-state index contributed by atoms with van der Waals surface area (Å²) in [5.41, 5.74) is 1.14. The van der Waals surface area contributed by atoms with Gasteiger partial charge in [-0.25, -0.2) is 4.79 Å². The molecule has 1 N–H and O–H groups in total. The maximum atomic E-state index is 11.9. The molecule has 0 spiro atoms. The van der Waals surface area contributed by atoms with Gasteiger partial charge in [0.1, 0.15) is 6.61 Å². The van der Waals surface area contributed by atoms with E-state index in [1.54, 1.807) is 0 Å². The highest BCUT2D eigenvalue weighted by molar-refractivity contribution is 5.99. The number of methoxy groups -OCH3 is 2. The van der Waals surface area contributed by atoms with Crippen LogP contribution >= 0.6 is 0 Å². The minimum absolute atomic E-state index is 0.0384. The van der Waals surface area contributed by atoms with E-state index in [2.05, 4.69) is 10.1 Å². The molecule has 1 aliphatic rings. The zero-order chi connectivity index (χ0) is 15.2. The van der Waals surface area contributed by atoms with Gasteiger partial charge in [0.15, 0.2) is 5.76 Å². The second kappa shape index (κ2) is 6.60. The number of hydrogen-bond acceptors (Lipinski definition) is 5. The SMILES string of the molecule is COC(=O)/C=C1\NC(=O)C(OCc2ccccc2)=C1OC. The van der Waals surface area contributed by atoms with Crippen LogP contribution in [0.5, 0.6) is 0 Å². The lowest BCUT2D eigenvalue weighted by molar-refractivity contribution is -0.134. The zero-order valence-corrected chi connectivity index (χ0v) is 11.7. The number of hydrogen-bond donors (Lipinski definition) is 1. The smallest absolute Gasteiger partial charge is 0.332 e. The number of carbonyl (C=O) groups is 2. The topological polar surface area (TPSA) is 73.9 Å². The fourth-order valence-corrected chi connectivity index (χ4v) is 1.80. The van der Waals surface area contributed by atoms with E-state index in [0.717, 1.165) is 11.6 Å². The highest BCUT2D eigenvalue weighted by Gasteiger charge is 2.31. The third-order valence-electron chi connectivity index (χ3n) is 2.80. The van der Waals surface area contributed by atoms with Crippen molar-refractivity contribution < 1.29 is 23.8 Å². The van der Waals surface area contributed by atoms with E-state index < -0.39 is 11.9 Å². The Morgan fingerprint density at radius 3 is 2.52 bits per heavy atom. The molecule has 0 aromatic heterocycles. The van der Waals surface area contributed by atoms with Gasteiger partial charge in [0.2, 0.25) is 5.76 Å². The molecule has 1 aromatic carbocycles. The normalized spacial score (nSPS) is 15.9. The summed E-state index contributed by atoms with van der Waals surface area (Å²) in [6, 6.07) is 9.40. The molecule has 1 aromatic rings. The zero-order valence-electron chi connectivity index (χ0n) is 11.7. The lowest BCUT2D eigenvalue weighted by Crippen LogP contribution is -2.18. The van der Waals surface area contributed by atoms with Gasteiger partial charge >= 0.3 is 5.97 Å². The van der Waals surface area contributed by atoms with Crippen LogP contribution in [-0.4, -0.2) is 26.1 Å². The Hall–Kier alpha value is -2.76. The van der Waals surface area contributed by atoms with Gasteiger partial charge in [0.25, 0.3) is 5.91 Å². The van der Waals surface area contributed by atoms with E-state index in [1.165, 1.54) is 14.2 Å². The highest BCUT2D eigenvalue weighted by Crippen LogP contribution is 2.23. The van der Waals surface area contributed by atoms with Crippen molar-refractivity contribution in [2.75, 3.05) is 14.2 Å². The lowest BCUT2D eigenvalue weighted by Gasteiger charge is -2.07. The van der Waals surface area contributed by atoms with Crippen molar-refractivity contribution in [1.29, 1.82) is 0 Å². The first-order valence-corrected chi connectivity index (χ1v) is 6.22. The second-order valence-corrected chi connectivity index (χ2v) is 4.17. The summed E-state index contributed by atoms with van der Waals surface area (Å²) in [6.45, 7) is 0.224. The minimum Gasteiger partial charge on any atom is -0.491 e. The first-order valence-electron chi connectivity index (χ1n) is 6.22. The second-order valence-electron chi connectivity index (χ2n) is 4.17. The molecular formula is C15H15NO5. The lowest BCUT2D eigenvalue weighted by atomic mass is 10.2. The number of carbonyl (C=O) groups excluding carboxylic acids is 2. The molecule has 0 saturated heterocycles. The number of ether oxygens (including phenoxy) is 3. The largest absolute Gasteiger partial charge is 0.491 e. The fourth-order valence-electron chi connectivity index (χ4n) is 1.80. The number of nitrogens with one attached hydrogen (secondary N) is 1. The molecule has 1 amide bonds. The van der Waals surface area contributed by atoms with Crippen LogP contribution in [0.1, 0.15) is 5.56 Å². The Kier molecular flexibility index (Phi) is 4.61. The number of benzene rings is 1. The molecule has 0 atom stereocenters. The maximum absolute atomic E-state index is 11.9. The molecule has 0 fully saturated rings. The molecule has 6 heteroatoms. The summed E-state index contributed by atoms with van der Waals surface area (Å²) in [6.07, 6.45) is 1.13. The summed E-state index contributed by atoms with van der Waals surface area (Å²) < 4.78 is 15.2. The Morgan fingerprint density at radius 1 is 1.19 bits per heavy atom. The van der Waals surface area contributed by atoms with Gasteiger partial charge in [-0.3, -0.25) is 4.79 Å². The fraction of sp³-hybridized carbons (Fsp3) is 0.200. The molecule has 1 aliphatic heterocycles. The molecular weight excluding hydrogens is 274 g/mol. The third kappa shape index (κ3) is 3.42. The molecule has 0 radical (unpaired) electrons. The summed E-state index contributed by atoms with van der Waals surface area (Å²) in [5.74, 6) is -0.833. The van der Waals surface area contributed by atoms with Crippen molar-refractivity contribution in [3.63, 3.8) is 0 Å². The summed E-state index contributed by atoms with van der Waals surface area (Å²) in [4.78, 5) is 23.1. The van der Waals surface area contributed by atoms with E-state index in [-0.39, 0.29) is 23.8 Å². The van der Waals surface area contributed by atoms with Crippen LogP contribution in [0.2, 0.25) is 0 Å². The summed E-state index contributed by atoms with van der Waals surface area (Å²) in [5, 5.41) is 2.50. The van der Waals surface area contributed by atoms with Crippen LogP contribution in [0.3, 0.4) is 0 Å². The van der Waals surface area contributed by atoms with Gasteiger partial charge in [-0.2, -0.15) is 0 Å². The van der Waals surface area contributed by atoms with Crippen molar-refractivity contribution in [3.05, 3.63) is 59.2 Å². The van der Waals surface area contributed by atoms with Crippen LogP contribution in [0.4, 0.5) is 0 Å². The minimum atomic E-state index is -0.593. The van der Waals surface area contributed by atoms with Gasteiger partial charge in [0.05, 0.1) is 26.0 Å². The standard InChI is InChI=1S/C15H15NO5/c1-19-12(17)8-11-13(20-2)14(15(18)16-11)21-9-10-6-4-3-5-7-10/h3-8H,9H2,1-2H3,(H,16,18)/b11-8-. The number of rotatable bonds is 5. The number of amides is 1. The highest BCUT2D eigenvalue weighted by atomic mass is 16.5. The van der Waals surface area contributed by atoms with Crippen molar-refractivity contribution >= 4 is 11.9 Å². The average molecular weight is 289 g/mol. The van der Waals surface area contributed by atoms with Crippen LogP contribution in [0.25, 0.3) is 0 Å². The monoisotopic (exact) mass is 289 g/mol. The van der Waals surface area contributed by atoms with Crippen LogP contribution in [0.15, 0.2) is 53.6 Å². The Bertz CT molecular complexity index is 604. The summed E-state index contributed by atoms with van der Waals surface area (Å²) >= 11 is 0.